The molecule has 0 aliphatic carbocycles. The van der Waals surface area contributed by atoms with Gasteiger partial charge in [0.05, 0.1) is 5.30 Å². The monoisotopic (exact) mass is 418 g/mol. The average Bonchev–Trinajstić information content (AvgIpc) is 2.82. The first-order valence-corrected chi connectivity index (χ1v) is 12.6. The molecule has 1 aliphatic heterocycles. The first-order valence-electron chi connectivity index (χ1n) is 10.5. The van der Waals surface area contributed by atoms with Gasteiger partial charge in [0, 0.05) is 12.2 Å². The molecule has 0 saturated heterocycles. The van der Waals surface area contributed by atoms with Crippen LogP contribution in [-0.2, 0) is 4.57 Å². The minimum absolute atomic E-state index is 0.715. The van der Waals surface area contributed by atoms with E-state index in [4.69, 9.17) is 4.52 Å². The van der Waals surface area contributed by atoms with Crippen LogP contribution < -0.4 is 9.83 Å². The Hall–Kier alpha value is -2.83. The fourth-order valence-electron chi connectivity index (χ4n) is 3.19. The minimum atomic E-state index is -2.71. The molecule has 1 unspecified atom stereocenters. The Bertz CT molecular complexity index is 1050. The van der Waals surface area contributed by atoms with E-state index >= 15 is 0 Å². The zero-order chi connectivity index (χ0) is 22.0. The topological polar surface area (TPSA) is 26.3 Å². The molecular formula is C27H31O2P. The first-order chi connectivity index (χ1) is 14.6. The van der Waals surface area contributed by atoms with Gasteiger partial charge in [-0.25, -0.2) is 0 Å². The molecule has 30 heavy (non-hydrogen) atoms. The molecule has 0 fully saturated rings. The quantitative estimate of drug-likeness (QED) is 0.269. The molecule has 2 nitrogen and oxygen atoms in total. The van der Waals surface area contributed by atoms with E-state index in [2.05, 4.69) is 48.5 Å². The second kappa shape index (κ2) is 11.4. The maximum absolute atomic E-state index is 12.4. The standard InChI is InChI=1S/C13H11O2P.C10H8.2C2H6/c1-16(14)13-9-5-3-7-11(13)10-6-2-4-8-12(10)15-16;1-2-6-10-8-4-3-7-9(10)5-1;2*1-2/h2-9H,1H3;1-8H;2*1-2H3. The molecule has 0 saturated carbocycles. The van der Waals surface area contributed by atoms with E-state index in [1.165, 1.54) is 10.8 Å². The van der Waals surface area contributed by atoms with Crippen LogP contribution in [0.4, 0.5) is 0 Å². The van der Waals surface area contributed by atoms with Crippen molar-refractivity contribution in [2.45, 2.75) is 27.7 Å². The summed E-state index contributed by atoms with van der Waals surface area (Å²) in [6.07, 6.45) is 0. The van der Waals surface area contributed by atoms with Crippen LogP contribution in [0.1, 0.15) is 27.7 Å². The van der Waals surface area contributed by atoms with Gasteiger partial charge in [-0.3, -0.25) is 4.57 Å². The minimum Gasteiger partial charge on any atom is -0.439 e. The highest BCUT2D eigenvalue weighted by Crippen LogP contribution is 2.51. The van der Waals surface area contributed by atoms with Crippen LogP contribution in [0.25, 0.3) is 21.9 Å². The third-order valence-electron chi connectivity index (χ3n) is 4.45. The highest BCUT2D eigenvalue weighted by Gasteiger charge is 2.30. The van der Waals surface area contributed by atoms with Crippen molar-refractivity contribution in [3.05, 3.63) is 97.1 Å². The van der Waals surface area contributed by atoms with E-state index < -0.39 is 7.37 Å². The normalized spacial score (nSPS) is 15.4. The SMILES string of the molecule is CC.CC.CP1(=O)Oc2ccccc2-c2ccccc21.c1ccc2ccccc2c1. The van der Waals surface area contributed by atoms with Gasteiger partial charge < -0.3 is 4.52 Å². The predicted molar refractivity (Wildman–Crippen MR) is 132 cm³/mol. The second-order valence-corrected chi connectivity index (χ2v) is 8.65. The summed E-state index contributed by atoms with van der Waals surface area (Å²) in [5.41, 5.74) is 2.04. The zero-order valence-corrected chi connectivity index (χ0v) is 19.4. The van der Waals surface area contributed by atoms with Crippen molar-refractivity contribution < 1.29 is 9.09 Å². The van der Waals surface area contributed by atoms with Crippen LogP contribution in [0.2, 0.25) is 0 Å². The molecule has 4 aromatic rings. The molecular weight excluding hydrogens is 387 g/mol. The molecule has 5 rings (SSSR count). The van der Waals surface area contributed by atoms with Crippen molar-refractivity contribution >= 4 is 23.4 Å². The Morgan fingerprint density at radius 3 is 1.50 bits per heavy atom. The average molecular weight is 419 g/mol. The molecule has 0 amide bonds. The summed E-state index contributed by atoms with van der Waals surface area (Å²) in [6, 6.07) is 32.2. The second-order valence-electron chi connectivity index (χ2n) is 6.30. The van der Waals surface area contributed by atoms with Gasteiger partial charge in [0.1, 0.15) is 5.75 Å². The van der Waals surface area contributed by atoms with Gasteiger partial charge >= 0.3 is 0 Å². The van der Waals surface area contributed by atoms with Gasteiger partial charge in [-0.1, -0.05) is 113 Å². The number of hydrogen-bond donors (Lipinski definition) is 0. The van der Waals surface area contributed by atoms with E-state index in [0.717, 1.165) is 16.4 Å². The third-order valence-corrected chi connectivity index (χ3v) is 6.26. The Morgan fingerprint density at radius 1 is 0.567 bits per heavy atom. The number of benzene rings is 4. The first kappa shape index (κ1) is 23.4. The fraction of sp³-hybridized carbons (Fsp3) is 0.185. The van der Waals surface area contributed by atoms with Gasteiger partial charge in [-0.05, 0) is 28.5 Å². The molecule has 1 aliphatic rings. The predicted octanol–water partition coefficient (Wildman–Crippen LogP) is 8.17. The third kappa shape index (κ3) is 5.40. The lowest BCUT2D eigenvalue weighted by Gasteiger charge is -2.25. The molecule has 0 aromatic heterocycles. The van der Waals surface area contributed by atoms with E-state index in [9.17, 15) is 4.57 Å². The summed E-state index contributed by atoms with van der Waals surface area (Å²) in [5, 5.41) is 3.43. The molecule has 0 bridgehead atoms. The lowest BCUT2D eigenvalue weighted by Crippen LogP contribution is -2.16. The summed E-state index contributed by atoms with van der Waals surface area (Å²) >= 11 is 0. The number of rotatable bonds is 0. The fourth-order valence-corrected chi connectivity index (χ4v) is 4.82. The number of para-hydroxylation sites is 1. The van der Waals surface area contributed by atoms with Crippen LogP contribution in [0.15, 0.2) is 97.1 Å². The van der Waals surface area contributed by atoms with E-state index in [0.29, 0.717) is 5.75 Å². The lowest BCUT2D eigenvalue weighted by atomic mass is 10.0. The van der Waals surface area contributed by atoms with E-state index in [-0.39, 0.29) is 0 Å². The zero-order valence-electron chi connectivity index (χ0n) is 18.5. The molecule has 0 spiro atoms. The van der Waals surface area contributed by atoms with Crippen LogP contribution in [0.3, 0.4) is 0 Å². The summed E-state index contributed by atoms with van der Waals surface area (Å²) in [5.74, 6) is 0.715. The largest absolute Gasteiger partial charge is 0.439 e. The Kier molecular flexibility index (Phi) is 8.89. The van der Waals surface area contributed by atoms with Crippen LogP contribution >= 0.6 is 7.37 Å². The van der Waals surface area contributed by atoms with Crippen LogP contribution in [0, 0.1) is 0 Å². The van der Waals surface area contributed by atoms with Crippen molar-refractivity contribution in [1.82, 2.24) is 0 Å². The summed E-state index contributed by atoms with van der Waals surface area (Å²) in [7, 11) is -2.71. The van der Waals surface area contributed by atoms with Crippen molar-refractivity contribution in [2.24, 2.45) is 0 Å². The molecule has 3 heteroatoms. The van der Waals surface area contributed by atoms with E-state index in [1.54, 1.807) is 6.66 Å². The molecule has 0 radical (unpaired) electrons. The van der Waals surface area contributed by atoms with Crippen molar-refractivity contribution in [1.29, 1.82) is 0 Å². The van der Waals surface area contributed by atoms with Crippen molar-refractivity contribution in [2.75, 3.05) is 6.66 Å². The molecule has 1 heterocycles. The Morgan fingerprint density at radius 2 is 0.967 bits per heavy atom. The van der Waals surface area contributed by atoms with Gasteiger partial charge in [0.15, 0.2) is 0 Å². The Labute approximate surface area is 181 Å². The lowest BCUT2D eigenvalue weighted by molar-refractivity contribution is 0.497. The van der Waals surface area contributed by atoms with Crippen LogP contribution in [-0.4, -0.2) is 6.66 Å². The van der Waals surface area contributed by atoms with Crippen LogP contribution in [0.5, 0.6) is 5.75 Å². The molecule has 0 N–H and O–H groups in total. The highest BCUT2D eigenvalue weighted by molar-refractivity contribution is 7.67. The van der Waals surface area contributed by atoms with Crippen molar-refractivity contribution in [3.8, 4) is 16.9 Å². The summed E-state index contributed by atoms with van der Waals surface area (Å²) < 4.78 is 18.0. The summed E-state index contributed by atoms with van der Waals surface area (Å²) in [4.78, 5) is 0. The molecule has 1 atom stereocenters. The maximum atomic E-state index is 12.4. The van der Waals surface area contributed by atoms with Gasteiger partial charge in [0.25, 0.3) is 7.37 Å². The summed E-state index contributed by atoms with van der Waals surface area (Å²) in [6.45, 7) is 9.67. The molecule has 4 aromatic carbocycles. The van der Waals surface area contributed by atoms with E-state index in [1.807, 2.05) is 76.2 Å². The maximum Gasteiger partial charge on any atom is 0.274 e. The number of hydrogen-bond acceptors (Lipinski definition) is 2. The molecule has 156 valence electrons. The smallest absolute Gasteiger partial charge is 0.274 e. The number of fused-ring (bicyclic) bond motifs is 4. The van der Waals surface area contributed by atoms with Gasteiger partial charge in [-0.2, -0.15) is 0 Å². The Balaban J connectivity index is 0.000000197. The van der Waals surface area contributed by atoms with Gasteiger partial charge in [-0.15, -0.1) is 0 Å². The van der Waals surface area contributed by atoms with Gasteiger partial charge in [0.2, 0.25) is 0 Å². The highest BCUT2D eigenvalue weighted by atomic mass is 31.2. The van der Waals surface area contributed by atoms with Crippen molar-refractivity contribution in [3.63, 3.8) is 0 Å².